The van der Waals surface area contributed by atoms with Gasteiger partial charge in [0.1, 0.15) is 18.0 Å². The lowest BCUT2D eigenvalue weighted by Crippen LogP contribution is -2.26. The molecule has 1 aliphatic rings. The van der Waals surface area contributed by atoms with Gasteiger partial charge in [-0.25, -0.2) is 13.4 Å². The van der Waals surface area contributed by atoms with Crippen molar-refractivity contribution in [1.29, 1.82) is 0 Å². The Balaban J connectivity index is 0.000000396. The lowest BCUT2D eigenvalue weighted by Gasteiger charge is -2.20. The number of rotatable bonds is 6. The van der Waals surface area contributed by atoms with Gasteiger partial charge in [-0.2, -0.15) is 0 Å². The first-order valence-corrected chi connectivity index (χ1v) is 12.5. The van der Waals surface area contributed by atoms with Crippen LogP contribution in [-0.4, -0.2) is 44.8 Å². The number of hydrogen-bond acceptors (Lipinski definition) is 8. The Hall–Kier alpha value is -1.97. The van der Waals surface area contributed by atoms with Crippen LogP contribution in [0.5, 0.6) is 5.75 Å². The maximum Gasteiger partial charge on any atom is 0.293 e. The van der Waals surface area contributed by atoms with Gasteiger partial charge < -0.3 is 14.8 Å². The summed E-state index contributed by atoms with van der Waals surface area (Å²) in [4.78, 5) is 14.6. The van der Waals surface area contributed by atoms with Crippen LogP contribution in [0.2, 0.25) is 0 Å². The van der Waals surface area contributed by atoms with Gasteiger partial charge in [-0.3, -0.25) is 4.79 Å². The second kappa shape index (κ2) is 10.9. The molecule has 0 spiro atoms. The van der Waals surface area contributed by atoms with E-state index in [1.54, 1.807) is 35.6 Å². The van der Waals surface area contributed by atoms with E-state index in [-0.39, 0.29) is 5.60 Å². The molecule has 0 atom stereocenters. The Morgan fingerprint density at radius 3 is 2.33 bits per heavy atom. The molecule has 1 saturated heterocycles. The molecule has 0 radical (unpaired) electrons. The predicted molar refractivity (Wildman–Crippen MR) is 118 cm³/mol. The highest BCUT2D eigenvalue weighted by Crippen LogP contribution is 2.28. The molecule has 2 aromatic rings. The number of carbonyl (C=O) groups is 1. The fourth-order valence-corrected chi connectivity index (χ4v) is 4.34. The molecule has 0 saturated carbocycles. The van der Waals surface area contributed by atoms with Crippen molar-refractivity contribution in [3.8, 4) is 5.75 Å². The molecule has 2 heterocycles. The molecule has 166 valence electrons. The number of nitrogens with zero attached hydrogens (tertiary/aromatic N) is 1. The topological polar surface area (TPSA) is 94.6 Å². The average molecular weight is 455 g/mol. The Labute approximate surface area is 182 Å². The zero-order valence-electron chi connectivity index (χ0n) is 17.9. The lowest BCUT2D eigenvalue weighted by molar-refractivity contribution is -0.138. The van der Waals surface area contributed by atoms with Crippen LogP contribution in [0.4, 0.5) is 0 Å². The number of carbonyl (C=O) groups excluding carboxylic acids is 1. The van der Waals surface area contributed by atoms with E-state index in [4.69, 9.17) is 4.74 Å². The molecule has 3 rings (SSSR count). The Bertz CT molecular complexity index is 896. The van der Waals surface area contributed by atoms with Gasteiger partial charge >= 0.3 is 0 Å². The molecule has 30 heavy (non-hydrogen) atoms. The van der Waals surface area contributed by atoms with Gasteiger partial charge in [0.15, 0.2) is 9.84 Å². The molecule has 0 amide bonds. The first-order chi connectivity index (χ1) is 14.1. The zero-order chi connectivity index (χ0) is 22.2. The number of benzene rings is 1. The number of sulfone groups is 1. The Morgan fingerprint density at radius 1 is 1.20 bits per heavy atom. The van der Waals surface area contributed by atoms with Crippen molar-refractivity contribution in [1.82, 2.24) is 10.3 Å². The minimum atomic E-state index is -3.17. The fraction of sp³-hybridized carbons (Fsp3) is 0.524. The number of ether oxygens (including phenoxy) is 2. The molecular weight excluding hydrogens is 424 g/mol. The zero-order valence-corrected chi connectivity index (χ0v) is 19.5. The van der Waals surface area contributed by atoms with Crippen molar-refractivity contribution in [2.24, 2.45) is 0 Å². The summed E-state index contributed by atoms with van der Waals surface area (Å²) in [5, 5.41) is 6.60. The molecule has 9 heteroatoms. The number of piperidine rings is 1. The molecular formula is C21H30N2O5S2. The van der Waals surface area contributed by atoms with Crippen molar-refractivity contribution in [2.75, 3.05) is 19.3 Å². The molecule has 0 bridgehead atoms. The third kappa shape index (κ3) is 8.41. The average Bonchev–Trinajstić information content (AvgIpc) is 3.15. The molecule has 1 N–H and O–H groups in total. The monoisotopic (exact) mass is 454 g/mol. The Kier molecular flexibility index (Phi) is 8.81. The summed E-state index contributed by atoms with van der Waals surface area (Å²) in [5.74, 6) is 1.21. The first-order valence-electron chi connectivity index (χ1n) is 9.78. The molecule has 0 aliphatic carbocycles. The predicted octanol–water partition coefficient (Wildman–Crippen LogP) is 3.55. The highest BCUT2D eigenvalue weighted by Gasteiger charge is 2.18. The first kappa shape index (κ1) is 24.3. The minimum Gasteiger partial charge on any atom is -0.487 e. The third-order valence-electron chi connectivity index (χ3n) is 4.30. The smallest absolute Gasteiger partial charge is 0.293 e. The summed E-state index contributed by atoms with van der Waals surface area (Å²) in [5.41, 5.74) is 0.609. The summed E-state index contributed by atoms with van der Waals surface area (Å²) < 4.78 is 33.1. The van der Waals surface area contributed by atoms with Gasteiger partial charge in [0.05, 0.1) is 15.6 Å². The van der Waals surface area contributed by atoms with Gasteiger partial charge in [0, 0.05) is 17.6 Å². The second-order valence-electron chi connectivity index (χ2n) is 8.06. The van der Waals surface area contributed by atoms with E-state index in [2.05, 4.69) is 15.0 Å². The Morgan fingerprint density at radius 2 is 1.83 bits per heavy atom. The standard InChI is InChI=1S/C16H20N2O3S2.C5H10O2/c1-23(19,20)15-4-2-14(3-5-15)21-10-13-11-22-16(18-13)12-6-8-17-9-7-12;1-5(2,3)7-4-6/h2-5,11-12,17H,6-10H2,1H3;4H,1-3H3. The van der Waals surface area contributed by atoms with Crippen molar-refractivity contribution in [2.45, 2.75) is 56.6 Å². The molecule has 1 aromatic carbocycles. The summed E-state index contributed by atoms with van der Waals surface area (Å²) in [6, 6.07) is 6.48. The maximum absolute atomic E-state index is 11.4. The fourth-order valence-electron chi connectivity index (χ4n) is 2.73. The van der Waals surface area contributed by atoms with Gasteiger partial charge in [-0.1, -0.05) is 0 Å². The number of aromatic nitrogens is 1. The quantitative estimate of drug-likeness (QED) is 0.667. The molecule has 7 nitrogen and oxygen atoms in total. The maximum atomic E-state index is 11.4. The molecule has 0 unspecified atom stereocenters. The van der Waals surface area contributed by atoms with Crippen molar-refractivity contribution in [3.05, 3.63) is 40.3 Å². The number of hydrogen-bond donors (Lipinski definition) is 1. The minimum absolute atomic E-state index is 0.298. The molecule has 1 aromatic heterocycles. The third-order valence-corrected chi connectivity index (χ3v) is 6.48. The van der Waals surface area contributed by atoms with E-state index in [0.717, 1.165) is 31.6 Å². The van der Waals surface area contributed by atoms with Gasteiger partial charge in [0.25, 0.3) is 6.47 Å². The summed E-state index contributed by atoms with van der Waals surface area (Å²) in [6.07, 6.45) is 3.47. The summed E-state index contributed by atoms with van der Waals surface area (Å²) in [7, 11) is -3.17. The van der Waals surface area contributed by atoms with Crippen LogP contribution in [0.15, 0.2) is 34.5 Å². The highest BCUT2D eigenvalue weighted by atomic mass is 32.2. The molecule has 1 aliphatic heterocycles. The summed E-state index contributed by atoms with van der Waals surface area (Å²) >= 11 is 1.70. The van der Waals surface area contributed by atoms with Crippen LogP contribution in [0.25, 0.3) is 0 Å². The lowest BCUT2D eigenvalue weighted by atomic mass is 9.99. The number of thiazole rings is 1. The van der Waals surface area contributed by atoms with Gasteiger partial charge in [-0.05, 0) is 71.0 Å². The van der Waals surface area contributed by atoms with Crippen LogP contribution in [-0.2, 0) is 26.0 Å². The van der Waals surface area contributed by atoms with E-state index in [1.807, 2.05) is 26.2 Å². The van der Waals surface area contributed by atoms with E-state index in [1.165, 1.54) is 11.3 Å². The van der Waals surface area contributed by atoms with Crippen LogP contribution in [0.3, 0.4) is 0 Å². The van der Waals surface area contributed by atoms with Gasteiger partial charge in [0.2, 0.25) is 0 Å². The van der Waals surface area contributed by atoms with Crippen molar-refractivity contribution in [3.63, 3.8) is 0 Å². The second-order valence-corrected chi connectivity index (χ2v) is 11.0. The highest BCUT2D eigenvalue weighted by molar-refractivity contribution is 7.90. The normalized spacial score (nSPS) is 15.1. The van der Waals surface area contributed by atoms with E-state index >= 15 is 0 Å². The van der Waals surface area contributed by atoms with Crippen LogP contribution in [0, 0.1) is 0 Å². The van der Waals surface area contributed by atoms with E-state index in [0.29, 0.717) is 29.6 Å². The van der Waals surface area contributed by atoms with E-state index < -0.39 is 9.84 Å². The van der Waals surface area contributed by atoms with E-state index in [9.17, 15) is 13.2 Å². The van der Waals surface area contributed by atoms with Crippen LogP contribution < -0.4 is 10.1 Å². The van der Waals surface area contributed by atoms with Crippen molar-refractivity contribution < 1.29 is 22.7 Å². The van der Waals surface area contributed by atoms with Crippen LogP contribution in [0.1, 0.15) is 50.2 Å². The van der Waals surface area contributed by atoms with Crippen molar-refractivity contribution >= 4 is 27.6 Å². The number of nitrogens with one attached hydrogen (secondary N) is 1. The molecule has 1 fully saturated rings. The van der Waals surface area contributed by atoms with Gasteiger partial charge in [-0.15, -0.1) is 11.3 Å². The van der Waals surface area contributed by atoms with Crippen LogP contribution >= 0.6 is 11.3 Å². The summed E-state index contributed by atoms with van der Waals surface area (Å²) in [6.45, 7) is 8.44. The largest absolute Gasteiger partial charge is 0.487 e. The SMILES string of the molecule is CC(C)(C)OC=O.CS(=O)(=O)c1ccc(OCc2csc(C3CCNCC3)n2)cc1.